The fourth-order valence-electron chi connectivity index (χ4n) is 7.08. The van der Waals surface area contributed by atoms with Crippen molar-refractivity contribution in [3.05, 3.63) is 0 Å². The van der Waals surface area contributed by atoms with Gasteiger partial charge in [-0.3, -0.25) is 47.9 Å². The Morgan fingerprint density at radius 3 is 0.836 bits per heavy atom. The lowest BCUT2D eigenvalue weighted by molar-refractivity contribution is -0.344. The summed E-state index contributed by atoms with van der Waals surface area (Å²) in [5, 5.41) is 0. The van der Waals surface area contributed by atoms with Crippen molar-refractivity contribution in [1.82, 2.24) is 0 Å². The van der Waals surface area contributed by atoms with E-state index in [1.54, 1.807) is 0 Å². The summed E-state index contributed by atoms with van der Waals surface area (Å²) in [6, 6.07) is 0. The Morgan fingerprint density at radius 2 is 0.582 bits per heavy atom. The Morgan fingerprint density at radius 1 is 0.343 bits per heavy atom. The van der Waals surface area contributed by atoms with Crippen LogP contribution in [0.2, 0.25) is 0 Å². The van der Waals surface area contributed by atoms with Crippen molar-refractivity contribution in [2.45, 2.75) is 161 Å². The molecule has 0 saturated carbocycles. The van der Waals surface area contributed by atoms with Gasteiger partial charge in [0.25, 0.3) is 0 Å². The topological polar surface area (TPSA) is 318 Å². The smallest absolute Gasteiger partial charge is 0.303 e. The molecule has 0 N–H and O–H groups in total. The predicted octanol–water partition coefficient (Wildman–Crippen LogP) is -1.21. The van der Waals surface area contributed by atoms with E-state index < -0.39 is 178 Å². The van der Waals surface area contributed by atoms with Crippen molar-refractivity contribution in [1.29, 1.82) is 0 Å². The zero-order chi connectivity index (χ0) is 50.3. The van der Waals surface area contributed by atoms with E-state index >= 15 is 0 Å². The largest absolute Gasteiger partial charge is 0.463 e. The summed E-state index contributed by atoms with van der Waals surface area (Å²) in [5.41, 5.74) is 0. The van der Waals surface area contributed by atoms with Crippen molar-refractivity contribution >= 4 is 59.7 Å². The Bertz CT molecular complexity index is 1860. The van der Waals surface area contributed by atoms with E-state index in [0.29, 0.717) is 0 Å². The highest BCUT2D eigenvalue weighted by molar-refractivity contribution is 5.70. The number of hydrogen-bond donors (Lipinski definition) is 0. The van der Waals surface area contributed by atoms with Gasteiger partial charge in [0.2, 0.25) is 0 Å². The third kappa shape index (κ3) is 17.0. The highest BCUT2D eigenvalue weighted by Gasteiger charge is 2.57. The van der Waals surface area contributed by atoms with E-state index in [9.17, 15) is 47.9 Å². The maximum Gasteiger partial charge on any atom is 0.303 e. The molecule has 0 unspecified atom stereocenters. The van der Waals surface area contributed by atoms with Crippen LogP contribution in [0.15, 0.2) is 0 Å². The van der Waals surface area contributed by atoms with Gasteiger partial charge in [0.1, 0.15) is 31.5 Å². The number of rotatable bonds is 19. The zero-order valence-electron chi connectivity index (χ0n) is 38.2. The number of carbonyl (C=O) groups is 10. The normalized spacial score (nSPS) is 31.2. The summed E-state index contributed by atoms with van der Waals surface area (Å²) >= 11 is 0. The molecule has 26 heteroatoms. The van der Waals surface area contributed by atoms with E-state index in [1.165, 1.54) is 0 Å². The zero-order valence-corrected chi connectivity index (χ0v) is 38.2. The van der Waals surface area contributed by atoms with Crippen molar-refractivity contribution in [3.63, 3.8) is 0 Å². The summed E-state index contributed by atoms with van der Waals surface area (Å²) < 4.78 is 90.3. The molecule has 0 bridgehead atoms. The first-order valence-corrected chi connectivity index (χ1v) is 20.3. The van der Waals surface area contributed by atoms with Gasteiger partial charge >= 0.3 is 59.7 Å². The average molecular weight is 963 g/mol. The predicted molar refractivity (Wildman–Crippen MR) is 209 cm³/mol. The van der Waals surface area contributed by atoms with Crippen LogP contribution in [0.3, 0.4) is 0 Å². The van der Waals surface area contributed by atoms with Crippen LogP contribution in [-0.2, 0) is 124 Å². The molecule has 3 fully saturated rings. The fourth-order valence-corrected chi connectivity index (χ4v) is 7.08. The van der Waals surface area contributed by atoms with Crippen molar-refractivity contribution in [3.8, 4) is 12.3 Å². The second-order valence-corrected chi connectivity index (χ2v) is 14.8. The third-order valence-electron chi connectivity index (χ3n) is 9.12. The van der Waals surface area contributed by atoms with Gasteiger partial charge in [-0.25, -0.2) is 0 Å². The SMILES string of the molecule is C#CCO[C@@H]1O[C@H](CO[C@H]2O[C@H](CO[C@H]3O[C@H](COC(C)=O)[C@H](OC(C)=O)[C@H](OC(C)=O)[C@H]3OC(C)=O)[C@H](OC(C)=O)[C@H](OC(C)=O)[C@H]2OC(C)=O)[C@@H](OC(C)=O)[C@H](OC(C)=O)[C@H]1OC(C)=O. The molecule has 3 heterocycles. The first-order chi connectivity index (χ1) is 31.4. The molecule has 3 rings (SSSR count). The minimum atomic E-state index is -1.87. The van der Waals surface area contributed by atoms with E-state index in [1.807, 2.05) is 0 Å². The average Bonchev–Trinajstić information content (AvgIpc) is 3.19. The standard InChI is InChI=1S/C41H54O26/c1-12-13-52-39-36(62-24(9)49)33(59-21(6)46)31(57-19(4)44)28(65-39)15-54-41-38(64-26(11)51)35(61-23(8)48)32(58-20(5)45)29(67-41)16-55-40-37(63-25(10)50)34(60-22(7)47)30(56-18(3)43)27(66-40)14-53-17(2)42/h1,27-41H,13-16H2,2-11H3/t27-,28-,29-,30+,31-,32+,33+,34+,35+,36-,37-,38-,39-,40+,41+/m1/s1. The first-order valence-electron chi connectivity index (χ1n) is 20.3. The quantitative estimate of drug-likeness (QED) is 0.0833. The van der Waals surface area contributed by atoms with Gasteiger partial charge in [0, 0.05) is 69.2 Å². The first kappa shape index (κ1) is 55.3. The van der Waals surface area contributed by atoms with Gasteiger partial charge in [-0.1, -0.05) is 5.92 Å². The number of hydrogen-bond acceptors (Lipinski definition) is 26. The van der Waals surface area contributed by atoms with E-state index in [0.717, 1.165) is 69.2 Å². The van der Waals surface area contributed by atoms with Crippen LogP contribution in [0, 0.1) is 12.3 Å². The van der Waals surface area contributed by atoms with Gasteiger partial charge < -0.3 is 75.8 Å². The molecular weight excluding hydrogens is 908 g/mol. The molecule has 0 radical (unpaired) electrons. The van der Waals surface area contributed by atoms with E-state index in [-0.39, 0.29) is 0 Å². The Balaban J connectivity index is 2.15. The number of esters is 10. The van der Waals surface area contributed by atoms with Crippen LogP contribution in [0.5, 0.6) is 0 Å². The van der Waals surface area contributed by atoms with Gasteiger partial charge in [-0.05, 0) is 0 Å². The lowest BCUT2D eigenvalue weighted by atomic mass is 9.96. The molecule has 26 nitrogen and oxygen atoms in total. The Hall–Kier alpha value is -5.98. The number of terminal acetylenes is 1. The third-order valence-corrected chi connectivity index (χ3v) is 9.12. The molecule has 374 valence electrons. The second kappa shape index (κ2) is 25.8. The molecular formula is C41H54O26. The highest BCUT2D eigenvalue weighted by atomic mass is 16.8. The van der Waals surface area contributed by atoms with E-state index in [4.69, 9.17) is 82.2 Å². The van der Waals surface area contributed by atoms with Gasteiger partial charge in [-0.2, -0.15) is 0 Å². The Kier molecular flexibility index (Phi) is 21.3. The van der Waals surface area contributed by atoms with Crippen LogP contribution >= 0.6 is 0 Å². The molecule has 0 aromatic rings. The fraction of sp³-hybridized carbons (Fsp3) is 0.707. The molecule has 0 aromatic heterocycles. The maximum absolute atomic E-state index is 12.6. The van der Waals surface area contributed by atoms with Crippen molar-refractivity contribution < 1.29 is 124 Å². The van der Waals surface area contributed by atoms with Crippen molar-refractivity contribution in [2.24, 2.45) is 0 Å². The molecule has 0 aromatic carbocycles. The van der Waals surface area contributed by atoms with Crippen LogP contribution in [0.25, 0.3) is 0 Å². The molecule has 0 amide bonds. The monoisotopic (exact) mass is 962 g/mol. The maximum atomic E-state index is 12.6. The van der Waals surface area contributed by atoms with Crippen LogP contribution in [-0.4, -0.2) is 178 Å². The van der Waals surface area contributed by atoms with Crippen LogP contribution in [0.4, 0.5) is 0 Å². The Labute approximate surface area is 383 Å². The van der Waals surface area contributed by atoms with Crippen molar-refractivity contribution in [2.75, 3.05) is 26.4 Å². The van der Waals surface area contributed by atoms with Crippen LogP contribution < -0.4 is 0 Å². The molecule has 0 spiro atoms. The minimum Gasteiger partial charge on any atom is -0.463 e. The number of carbonyl (C=O) groups excluding carboxylic acids is 10. The lowest BCUT2D eigenvalue weighted by Crippen LogP contribution is -2.65. The number of ether oxygens (including phenoxy) is 16. The molecule has 67 heavy (non-hydrogen) atoms. The molecule has 3 aliphatic heterocycles. The second-order valence-electron chi connectivity index (χ2n) is 14.8. The summed E-state index contributed by atoms with van der Waals surface area (Å²) in [7, 11) is 0. The van der Waals surface area contributed by atoms with Gasteiger partial charge in [0.15, 0.2) is 73.8 Å². The molecule has 0 aliphatic carbocycles. The minimum absolute atomic E-state index is 0.426. The van der Waals surface area contributed by atoms with Gasteiger partial charge in [-0.15, -0.1) is 6.42 Å². The summed E-state index contributed by atoms with van der Waals surface area (Å²) in [6.07, 6.45) is -19.5. The molecule has 15 atom stereocenters. The highest BCUT2D eigenvalue weighted by Crippen LogP contribution is 2.35. The summed E-state index contributed by atoms with van der Waals surface area (Å²) in [4.78, 5) is 124. The molecule has 3 aliphatic rings. The van der Waals surface area contributed by atoms with E-state index in [2.05, 4.69) is 5.92 Å². The molecule has 3 saturated heterocycles. The summed E-state index contributed by atoms with van der Waals surface area (Å²) in [5.74, 6) is -7.04. The lowest BCUT2D eigenvalue weighted by Gasteiger charge is -2.47. The summed E-state index contributed by atoms with van der Waals surface area (Å²) in [6.45, 7) is 7.51. The van der Waals surface area contributed by atoms with Gasteiger partial charge in [0.05, 0.1) is 13.2 Å². The van der Waals surface area contributed by atoms with Crippen LogP contribution in [0.1, 0.15) is 69.2 Å².